The van der Waals surface area contributed by atoms with Gasteiger partial charge in [-0.15, -0.1) is 0 Å². The van der Waals surface area contributed by atoms with Gasteiger partial charge < -0.3 is 19.6 Å². The van der Waals surface area contributed by atoms with Crippen molar-refractivity contribution in [3.8, 4) is 11.5 Å². The number of aryl methyl sites for hydroxylation is 1. The maximum Gasteiger partial charge on any atom is 0.163 e. The summed E-state index contributed by atoms with van der Waals surface area (Å²) in [7, 11) is 0. The summed E-state index contributed by atoms with van der Waals surface area (Å²) in [5, 5.41) is 8.76. The summed E-state index contributed by atoms with van der Waals surface area (Å²) in [6.45, 7) is 1.42. The van der Waals surface area contributed by atoms with E-state index in [1.807, 2.05) is 12.1 Å². The number of unbranched alkanes of at least 4 members (excludes halogenated alkanes) is 1. The first kappa shape index (κ1) is 11.3. The zero-order valence-corrected chi connectivity index (χ0v) is 10.1. The second-order valence-corrected chi connectivity index (χ2v) is 4.38. The summed E-state index contributed by atoms with van der Waals surface area (Å²) >= 11 is 0. The molecule has 0 saturated heterocycles. The van der Waals surface area contributed by atoms with E-state index in [2.05, 4.69) is 9.97 Å². The number of aromatic nitrogens is 2. The van der Waals surface area contributed by atoms with Crippen LogP contribution in [0.4, 0.5) is 0 Å². The lowest BCUT2D eigenvalue weighted by Crippen LogP contribution is -2.15. The van der Waals surface area contributed by atoms with Crippen molar-refractivity contribution in [2.45, 2.75) is 19.3 Å². The molecule has 0 bridgehead atoms. The first-order valence-corrected chi connectivity index (χ1v) is 6.26. The zero-order chi connectivity index (χ0) is 12.4. The molecule has 96 valence electrons. The number of rotatable bonds is 4. The topological polar surface area (TPSA) is 67.4 Å². The van der Waals surface area contributed by atoms with Crippen LogP contribution in [-0.4, -0.2) is 34.9 Å². The van der Waals surface area contributed by atoms with E-state index in [-0.39, 0.29) is 6.61 Å². The van der Waals surface area contributed by atoms with Gasteiger partial charge in [0.2, 0.25) is 0 Å². The monoisotopic (exact) mass is 248 g/mol. The van der Waals surface area contributed by atoms with Gasteiger partial charge in [0.05, 0.1) is 11.0 Å². The third-order valence-electron chi connectivity index (χ3n) is 3.02. The Morgan fingerprint density at radius 3 is 2.72 bits per heavy atom. The molecule has 5 heteroatoms. The van der Waals surface area contributed by atoms with Gasteiger partial charge in [-0.1, -0.05) is 0 Å². The van der Waals surface area contributed by atoms with Crippen LogP contribution in [0.5, 0.6) is 11.5 Å². The van der Waals surface area contributed by atoms with Gasteiger partial charge in [0, 0.05) is 25.2 Å². The maximum atomic E-state index is 8.76. The van der Waals surface area contributed by atoms with Crippen molar-refractivity contribution in [1.82, 2.24) is 9.97 Å². The van der Waals surface area contributed by atoms with Crippen molar-refractivity contribution < 1.29 is 14.6 Å². The second kappa shape index (κ2) is 4.86. The quantitative estimate of drug-likeness (QED) is 0.807. The van der Waals surface area contributed by atoms with E-state index in [0.717, 1.165) is 47.6 Å². The van der Waals surface area contributed by atoms with Gasteiger partial charge in [-0.25, -0.2) is 4.98 Å². The third kappa shape index (κ3) is 2.13. The normalized spacial score (nSPS) is 14.1. The molecule has 1 aromatic carbocycles. The largest absolute Gasteiger partial charge is 0.486 e. The molecule has 5 nitrogen and oxygen atoms in total. The Hall–Kier alpha value is -1.75. The van der Waals surface area contributed by atoms with Gasteiger partial charge >= 0.3 is 0 Å². The average Bonchev–Trinajstić information content (AvgIpc) is 2.77. The van der Waals surface area contributed by atoms with E-state index in [1.54, 1.807) is 0 Å². The summed E-state index contributed by atoms with van der Waals surface area (Å²) in [6, 6.07) is 3.85. The number of aliphatic hydroxyl groups is 1. The lowest BCUT2D eigenvalue weighted by atomic mass is 10.2. The Bertz CT molecular complexity index is 507. The number of hydrogen-bond donors (Lipinski definition) is 2. The highest BCUT2D eigenvalue weighted by atomic mass is 16.6. The molecule has 0 unspecified atom stereocenters. The van der Waals surface area contributed by atoms with E-state index in [1.165, 1.54) is 0 Å². The Morgan fingerprint density at radius 1 is 1.17 bits per heavy atom. The summed E-state index contributed by atoms with van der Waals surface area (Å²) in [4.78, 5) is 7.80. The maximum absolute atomic E-state index is 8.76. The lowest BCUT2D eigenvalue weighted by molar-refractivity contribution is 0.172. The Morgan fingerprint density at radius 2 is 1.94 bits per heavy atom. The summed E-state index contributed by atoms with van der Waals surface area (Å²) in [5.41, 5.74) is 1.87. The van der Waals surface area contributed by atoms with Crippen LogP contribution in [0.3, 0.4) is 0 Å². The molecule has 3 rings (SSSR count). The fourth-order valence-electron chi connectivity index (χ4n) is 2.12. The van der Waals surface area contributed by atoms with Crippen LogP contribution in [-0.2, 0) is 6.42 Å². The highest BCUT2D eigenvalue weighted by Gasteiger charge is 2.14. The van der Waals surface area contributed by atoms with Crippen LogP contribution >= 0.6 is 0 Å². The fourth-order valence-corrected chi connectivity index (χ4v) is 2.12. The smallest absolute Gasteiger partial charge is 0.163 e. The van der Waals surface area contributed by atoms with E-state index < -0.39 is 0 Å². The van der Waals surface area contributed by atoms with Crippen LogP contribution in [0.15, 0.2) is 12.1 Å². The van der Waals surface area contributed by atoms with Crippen LogP contribution in [0.2, 0.25) is 0 Å². The van der Waals surface area contributed by atoms with Gasteiger partial charge in [-0.3, -0.25) is 0 Å². The van der Waals surface area contributed by atoms with Crippen molar-refractivity contribution >= 4 is 11.0 Å². The van der Waals surface area contributed by atoms with Gasteiger partial charge in [-0.05, 0) is 12.8 Å². The van der Waals surface area contributed by atoms with Crippen LogP contribution in [0.25, 0.3) is 11.0 Å². The van der Waals surface area contributed by atoms with Crippen molar-refractivity contribution in [1.29, 1.82) is 0 Å². The molecule has 0 amide bonds. The molecule has 0 radical (unpaired) electrons. The number of imidazole rings is 1. The van der Waals surface area contributed by atoms with Crippen molar-refractivity contribution in [2.75, 3.05) is 19.8 Å². The van der Waals surface area contributed by atoms with Crippen molar-refractivity contribution in [3.05, 3.63) is 18.0 Å². The molecule has 0 aliphatic carbocycles. The predicted octanol–water partition coefficient (Wildman–Crippen LogP) is 1.65. The van der Waals surface area contributed by atoms with Gasteiger partial charge in [0.25, 0.3) is 0 Å². The summed E-state index contributed by atoms with van der Waals surface area (Å²) in [6.07, 6.45) is 2.59. The lowest BCUT2D eigenvalue weighted by Gasteiger charge is -2.17. The molecule has 18 heavy (non-hydrogen) atoms. The Labute approximate surface area is 105 Å². The minimum Gasteiger partial charge on any atom is -0.486 e. The summed E-state index contributed by atoms with van der Waals surface area (Å²) in [5.74, 6) is 2.49. The van der Waals surface area contributed by atoms with Crippen molar-refractivity contribution in [2.24, 2.45) is 0 Å². The minimum absolute atomic E-state index is 0.232. The number of nitrogens with one attached hydrogen (secondary N) is 1. The fraction of sp³-hybridized carbons (Fsp3) is 0.462. The molecule has 1 aromatic heterocycles. The molecule has 1 aliphatic rings. The van der Waals surface area contributed by atoms with Crippen LogP contribution in [0, 0.1) is 0 Å². The van der Waals surface area contributed by atoms with Gasteiger partial charge in [0.15, 0.2) is 11.5 Å². The van der Waals surface area contributed by atoms with Gasteiger partial charge in [0.1, 0.15) is 19.0 Å². The standard InChI is InChI=1S/C13H16N2O3/c16-4-2-1-3-13-14-9-7-11-12(8-10(9)15-13)18-6-5-17-11/h7-8,16H,1-6H2,(H,14,15). The number of fused-ring (bicyclic) bond motifs is 2. The highest BCUT2D eigenvalue weighted by molar-refractivity contribution is 5.79. The number of aromatic amines is 1. The predicted molar refractivity (Wildman–Crippen MR) is 67.1 cm³/mol. The van der Waals surface area contributed by atoms with Gasteiger partial charge in [-0.2, -0.15) is 0 Å². The van der Waals surface area contributed by atoms with Crippen LogP contribution < -0.4 is 9.47 Å². The van der Waals surface area contributed by atoms with E-state index >= 15 is 0 Å². The van der Waals surface area contributed by atoms with E-state index in [9.17, 15) is 0 Å². The Balaban J connectivity index is 1.87. The molecule has 0 fully saturated rings. The number of hydrogen-bond acceptors (Lipinski definition) is 4. The number of benzene rings is 1. The molecule has 2 heterocycles. The van der Waals surface area contributed by atoms with Crippen molar-refractivity contribution in [3.63, 3.8) is 0 Å². The molecular formula is C13H16N2O3. The number of H-pyrrole nitrogens is 1. The third-order valence-corrected chi connectivity index (χ3v) is 3.02. The highest BCUT2D eigenvalue weighted by Crippen LogP contribution is 2.33. The summed E-state index contributed by atoms with van der Waals surface area (Å²) < 4.78 is 11.1. The molecule has 0 spiro atoms. The Kier molecular flexibility index (Phi) is 3.06. The first-order valence-electron chi connectivity index (χ1n) is 6.26. The second-order valence-electron chi connectivity index (χ2n) is 4.38. The molecular weight excluding hydrogens is 232 g/mol. The molecule has 2 N–H and O–H groups in total. The first-order chi connectivity index (χ1) is 8.86. The van der Waals surface area contributed by atoms with E-state index in [0.29, 0.717) is 13.2 Å². The molecule has 0 saturated carbocycles. The minimum atomic E-state index is 0.232. The average molecular weight is 248 g/mol. The van der Waals surface area contributed by atoms with Crippen LogP contribution in [0.1, 0.15) is 18.7 Å². The SMILES string of the molecule is OCCCCc1nc2cc3c(cc2[nH]1)OCCO3. The number of ether oxygens (including phenoxy) is 2. The zero-order valence-electron chi connectivity index (χ0n) is 10.1. The number of aliphatic hydroxyl groups excluding tert-OH is 1. The molecule has 2 aromatic rings. The number of nitrogens with zero attached hydrogens (tertiary/aromatic N) is 1. The van der Waals surface area contributed by atoms with E-state index in [4.69, 9.17) is 14.6 Å². The molecule has 1 aliphatic heterocycles. The molecule has 0 atom stereocenters.